The van der Waals surface area contributed by atoms with E-state index in [0.717, 1.165) is 28.9 Å². The van der Waals surface area contributed by atoms with Crippen molar-refractivity contribution < 1.29 is 14.3 Å². The number of nitrogens with zero attached hydrogens (tertiary/aromatic N) is 1. The van der Waals surface area contributed by atoms with Crippen molar-refractivity contribution in [1.82, 2.24) is 4.98 Å². The number of nitrogens with one attached hydrogen (secondary N) is 1. The summed E-state index contributed by atoms with van der Waals surface area (Å²) >= 11 is 0. The first kappa shape index (κ1) is 11.1. The molecule has 18 heavy (non-hydrogen) atoms. The lowest BCUT2D eigenvalue weighted by molar-refractivity contribution is 0.196. The van der Waals surface area contributed by atoms with Crippen molar-refractivity contribution in [3.05, 3.63) is 23.5 Å². The van der Waals surface area contributed by atoms with Crippen LogP contribution in [0.5, 0.6) is 5.88 Å². The van der Waals surface area contributed by atoms with Gasteiger partial charge in [-0.1, -0.05) is 6.08 Å². The number of furan rings is 1. The maximum Gasteiger partial charge on any atom is 0.231 e. The molecule has 0 atom stereocenters. The van der Waals surface area contributed by atoms with Crippen molar-refractivity contribution in [3.8, 4) is 5.88 Å². The predicted octanol–water partition coefficient (Wildman–Crippen LogP) is 1.95. The molecule has 0 radical (unpaired) electrons. The quantitative estimate of drug-likeness (QED) is 0.866. The summed E-state index contributed by atoms with van der Waals surface area (Å²) < 4.78 is 11.0. The average Bonchev–Trinajstić information content (AvgIpc) is 2.76. The van der Waals surface area contributed by atoms with E-state index in [1.807, 2.05) is 25.1 Å². The van der Waals surface area contributed by atoms with Gasteiger partial charge in [0, 0.05) is 6.54 Å². The molecule has 2 aromatic heterocycles. The first-order valence-corrected chi connectivity index (χ1v) is 5.88. The first-order valence-electron chi connectivity index (χ1n) is 5.88. The lowest BCUT2D eigenvalue weighted by atomic mass is 10.1. The van der Waals surface area contributed by atoms with E-state index in [9.17, 15) is 0 Å². The van der Waals surface area contributed by atoms with Crippen molar-refractivity contribution in [2.75, 3.05) is 25.1 Å². The van der Waals surface area contributed by atoms with E-state index in [1.54, 1.807) is 0 Å². The second-order valence-electron chi connectivity index (χ2n) is 4.14. The number of aliphatic hydroxyl groups excluding tert-OH is 1. The molecule has 5 nitrogen and oxygen atoms in total. The van der Waals surface area contributed by atoms with Gasteiger partial charge in [-0.15, -0.1) is 0 Å². The Morgan fingerprint density at radius 2 is 2.44 bits per heavy atom. The number of aromatic nitrogens is 1. The van der Waals surface area contributed by atoms with E-state index in [1.165, 1.54) is 0 Å². The molecule has 5 heteroatoms. The van der Waals surface area contributed by atoms with Crippen molar-refractivity contribution in [1.29, 1.82) is 0 Å². The monoisotopic (exact) mass is 246 g/mol. The zero-order chi connectivity index (χ0) is 12.5. The fourth-order valence-electron chi connectivity index (χ4n) is 2.10. The Morgan fingerprint density at radius 3 is 3.28 bits per heavy atom. The summed E-state index contributed by atoms with van der Waals surface area (Å²) in [7, 11) is 0. The Balaban J connectivity index is 2.20. The van der Waals surface area contributed by atoms with E-state index in [-0.39, 0.29) is 13.2 Å². The molecule has 3 rings (SSSR count). The van der Waals surface area contributed by atoms with Crippen LogP contribution in [0.4, 0.5) is 5.69 Å². The third kappa shape index (κ3) is 1.73. The highest BCUT2D eigenvalue weighted by Gasteiger charge is 2.18. The maximum atomic E-state index is 8.84. The van der Waals surface area contributed by atoms with Crippen LogP contribution >= 0.6 is 0 Å². The van der Waals surface area contributed by atoms with E-state index >= 15 is 0 Å². The minimum Gasteiger partial charge on any atom is -0.475 e. The normalized spacial score (nSPS) is 13.4. The zero-order valence-electron chi connectivity index (χ0n) is 10.1. The van der Waals surface area contributed by atoms with Gasteiger partial charge in [0.15, 0.2) is 0 Å². The standard InChI is InChI=1S/C13H14N2O3/c1-8-7-10-11-9(3-2-4-14-11)12(17-6-5-16)15-13(10)18-8/h2-3,7,14,16H,4-6H2,1H3. The zero-order valence-corrected chi connectivity index (χ0v) is 10.1. The highest BCUT2D eigenvalue weighted by molar-refractivity contribution is 5.96. The summed E-state index contributed by atoms with van der Waals surface area (Å²) in [4.78, 5) is 4.36. The maximum absolute atomic E-state index is 8.84. The molecule has 3 heterocycles. The fourth-order valence-corrected chi connectivity index (χ4v) is 2.10. The van der Waals surface area contributed by atoms with E-state index in [4.69, 9.17) is 14.3 Å². The van der Waals surface area contributed by atoms with Crippen LogP contribution in [0.25, 0.3) is 17.2 Å². The van der Waals surface area contributed by atoms with E-state index in [2.05, 4.69) is 10.3 Å². The average molecular weight is 246 g/mol. The van der Waals surface area contributed by atoms with Crippen molar-refractivity contribution in [3.63, 3.8) is 0 Å². The predicted molar refractivity (Wildman–Crippen MR) is 68.9 cm³/mol. The number of fused-ring (bicyclic) bond motifs is 3. The Hall–Kier alpha value is -2.01. The van der Waals surface area contributed by atoms with Crippen LogP contribution in [0.15, 0.2) is 16.6 Å². The van der Waals surface area contributed by atoms with Gasteiger partial charge >= 0.3 is 0 Å². The topological polar surface area (TPSA) is 67.5 Å². The summed E-state index contributed by atoms with van der Waals surface area (Å²) in [6, 6.07) is 1.96. The van der Waals surface area contributed by atoms with Crippen LogP contribution in [-0.4, -0.2) is 29.8 Å². The number of hydrogen-bond acceptors (Lipinski definition) is 5. The lowest BCUT2D eigenvalue weighted by Gasteiger charge is -2.16. The molecule has 0 aliphatic carbocycles. The fraction of sp³-hybridized carbons (Fsp3) is 0.308. The molecule has 0 aromatic carbocycles. The number of anilines is 1. The number of aryl methyl sites for hydroxylation is 1. The first-order chi connectivity index (χ1) is 8.79. The molecule has 1 aliphatic rings. The molecule has 0 saturated carbocycles. The van der Waals surface area contributed by atoms with Gasteiger partial charge in [0.05, 0.1) is 23.2 Å². The van der Waals surface area contributed by atoms with Gasteiger partial charge in [-0.05, 0) is 19.1 Å². The molecular formula is C13H14N2O3. The van der Waals surface area contributed by atoms with Crippen LogP contribution in [0.2, 0.25) is 0 Å². The Morgan fingerprint density at radius 1 is 1.56 bits per heavy atom. The van der Waals surface area contributed by atoms with Gasteiger partial charge in [0.25, 0.3) is 0 Å². The van der Waals surface area contributed by atoms with Gasteiger partial charge in [-0.2, -0.15) is 4.98 Å². The third-order valence-electron chi connectivity index (χ3n) is 2.82. The molecule has 1 aliphatic heterocycles. The summed E-state index contributed by atoms with van der Waals surface area (Å²) in [5, 5.41) is 13.1. The van der Waals surface area contributed by atoms with Gasteiger partial charge < -0.3 is 19.6 Å². The Kier molecular flexibility index (Phi) is 2.68. The number of ether oxygens (including phenoxy) is 1. The molecule has 0 saturated heterocycles. The lowest BCUT2D eigenvalue weighted by Crippen LogP contribution is -2.10. The van der Waals surface area contributed by atoms with Crippen LogP contribution < -0.4 is 10.1 Å². The number of rotatable bonds is 3. The number of pyridine rings is 1. The van der Waals surface area contributed by atoms with Crippen LogP contribution in [0.1, 0.15) is 11.3 Å². The Bertz CT molecular complexity index is 616. The number of aliphatic hydroxyl groups is 1. The van der Waals surface area contributed by atoms with E-state index in [0.29, 0.717) is 11.6 Å². The van der Waals surface area contributed by atoms with Gasteiger partial charge in [-0.25, -0.2) is 0 Å². The van der Waals surface area contributed by atoms with Gasteiger partial charge in [0.1, 0.15) is 12.4 Å². The van der Waals surface area contributed by atoms with Crippen LogP contribution in [-0.2, 0) is 0 Å². The molecule has 2 N–H and O–H groups in total. The molecule has 0 unspecified atom stereocenters. The number of hydrogen-bond donors (Lipinski definition) is 2. The Labute approximate surface area is 104 Å². The highest BCUT2D eigenvalue weighted by Crippen LogP contribution is 2.36. The molecule has 0 amide bonds. The smallest absolute Gasteiger partial charge is 0.231 e. The third-order valence-corrected chi connectivity index (χ3v) is 2.82. The highest BCUT2D eigenvalue weighted by atomic mass is 16.5. The van der Waals surface area contributed by atoms with Gasteiger partial charge in [0.2, 0.25) is 11.6 Å². The van der Waals surface area contributed by atoms with Crippen molar-refractivity contribution >= 4 is 22.9 Å². The molecule has 94 valence electrons. The summed E-state index contributed by atoms with van der Waals surface area (Å²) in [5.41, 5.74) is 2.44. The van der Waals surface area contributed by atoms with E-state index < -0.39 is 0 Å². The second kappa shape index (κ2) is 4.34. The van der Waals surface area contributed by atoms with Crippen molar-refractivity contribution in [2.24, 2.45) is 0 Å². The minimum absolute atomic E-state index is 0.0389. The summed E-state index contributed by atoms with van der Waals surface area (Å²) in [5.74, 6) is 1.31. The molecule has 0 fully saturated rings. The largest absolute Gasteiger partial charge is 0.475 e. The van der Waals surface area contributed by atoms with Crippen LogP contribution in [0, 0.1) is 6.92 Å². The van der Waals surface area contributed by atoms with Crippen LogP contribution in [0.3, 0.4) is 0 Å². The molecule has 2 aromatic rings. The molecule has 0 bridgehead atoms. The van der Waals surface area contributed by atoms with Crippen molar-refractivity contribution in [2.45, 2.75) is 6.92 Å². The summed E-state index contributed by atoms with van der Waals surface area (Å²) in [6.07, 6.45) is 3.99. The molecule has 0 spiro atoms. The minimum atomic E-state index is -0.0389. The molecular weight excluding hydrogens is 232 g/mol. The summed E-state index contributed by atoms with van der Waals surface area (Å²) in [6.45, 7) is 2.85. The SMILES string of the molecule is Cc1cc2c3c(c(OCCO)nc2o1)C=CCN3. The second-order valence-corrected chi connectivity index (χ2v) is 4.14. The van der Waals surface area contributed by atoms with Gasteiger partial charge in [-0.3, -0.25) is 0 Å².